The van der Waals surface area contributed by atoms with Gasteiger partial charge in [0.2, 0.25) is 0 Å². The monoisotopic (exact) mass is 306 g/mol. The lowest BCUT2D eigenvalue weighted by atomic mass is 9.89. The number of thiophene rings is 2. The fraction of sp³-hybridized carbons (Fsp3) is 0.500. The predicted octanol–water partition coefficient (Wildman–Crippen LogP) is 3.81. The first-order valence-electron chi connectivity index (χ1n) is 7.21. The molecule has 0 aliphatic carbocycles. The Morgan fingerprint density at radius 3 is 2.25 bits per heavy atom. The molecule has 2 nitrogen and oxygen atoms in total. The van der Waals surface area contributed by atoms with E-state index in [1.54, 1.807) is 0 Å². The van der Waals surface area contributed by atoms with Gasteiger partial charge in [0.05, 0.1) is 0 Å². The van der Waals surface area contributed by atoms with Crippen molar-refractivity contribution in [3.8, 4) is 0 Å². The van der Waals surface area contributed by atoms with Gasteiger partial charge in [0.25, 0.3) is 0 Å². The molecule has 108 valence electrons. The molecule has 0 radical (unpaired) electrons. The average Bonchev–Trinajstić information content (AvgIpc) is 3.12. The Kier molecular flexibility index (Phi) is 4.56. The molecule has 0 aromatic carbocycles. The third kappa shape index (κ3) is 3.70. The Morgan fingerprint density at radius 2 is 1.80 bits per heavy atom. The van der Waals surface area contributed by atoms with Crippen molar-refractivity contribution < 1.29 is 0 Å². The largest absolute Gasteiger partial charge is 0.316 e. The molecule has 20 heavy (non-hydrogen) atoms. The summed E-state index contributed by atoms with van der Waals surface area (Å²) in [5.41, 5.74) is 0.425. The van der Waals surface area contributed by atoms with Gasteiger partial charge in [-0.3, -0.25) is 4.90 Å². The first-order valence-corrected chi connectivity index (χ1v) is 8.97. The van der Waals surface area contributed by atoms with E-state index in [0.717, 1.165) is 19.6 Å². The van der Waals surface area contributed by atoms with Gasteiger partial charge in [-0.05, 0) is 41.3 Å². The molecule has 0 amide bonds. The van der Waals surface area contributed by atoms with Crippen molar-refractivity contribution in [2.24, 2.45) is 5.41 Å². The number of nitrogens with zero attached hydrogens (tertiary/aromatic N) is 1. The van der Waals surface area contributed by atoms with Crippen LogP contribution in [0.1, 0.15) is 23.1 Å². The molecule has 1 unspecified atom stereocenters. The van der Waals surface area contributed by atoms with E-state index >= 15 is 0 Å². The second-order valence-electron chi connectivity index (χ2n) is 6.04. The minimum atomic E-state index is 0.425. The van der Waals surface area contributed by atoms with E-state index in [1.165, 1.54) is 29.3 Å². The minimum absolute atomic E-state index is 0.425. The third-order valence-corrected chi connectivity index (χ3v) is 5.70. The van der Waals surface area contributed by atoms with Crippen LogP contribution in [0.4, 0.5) is 0 Å². The lowest BCUT2D eigenvalue weighted by molar-refractivity contribution is 0.166. The molecule has 1 aliphatic heterocycles. The van der Waals surface area contributed by atoms with Gasteiger partial charge in [-0.25, -0.2) is 0 Å². The maximum absolute atomic E-state index is 3.51. The first kappa shape index (κ1) is 14.3. The molecule has 4 heteroatoms. The van der Waals surface area contributed by atoms with Crippen molar-refractivity contribution in [1.29, 1.82) is 0 Å². The normalized spacial score (nSPS) is 22.7. The van der Waals surface area contributed by atoms with Crippen LogP contribution in [0.5, 0.6) is 0 Å². The van der Waals surface area contributed by atoms with Crippen molar-refractivity contribution in [2.75, 3.05) is 19.6 Å². The van der Waals surface area contributed by atoms with Gasteiger partial charge < -0.3 is 5.32 Å². The quantitative estimate of drug-likeness (QED) is 0.873. The first-order chi connectivity index (χ1) is 9.73. The molecule has 1 N–H and O–H groups in total. The fourth-order valence-corrected chi connectivity index (χ4v) is 4.45. The zero-order valence-corrected chi connectivity index (χ0v) is 13.6. The molecule has 2 aromatic rings. The van der Waals surface area contributed by atoms with Crippen LogP contribution in [0.3, 0.4) is 0 Å². The van der Waals surface area contributed by atoms with Gasteiger partial charge in [0, 0.05) is 35.9 Å². The fourth-order valence-electron chi connectivity index (χ4n) is 2.96. The van der Waals surface area contributed by atoms with Crippen molar-refractivity contribution >= 4 is 22.7 Å². The van der Waals surface area contributed by atoms with Crippen molar-refractivity contribution in [2.45, 2.75) is 26.4 Å². The summed E-state index contributed by atoms with van der Waals surface area (Å²) in [7, 11) is 0. The summed E-state index contributed by atoms with van der Waals surface area (Å²) >= 11 is 3.73. The van der Waals surface area contributed by atoms with Gasteiger partial charge in [-0.1, -0.05) is 19.1 Å². The Labute approximate surface area is 129 Å². The SMILES string of the molecule is CC1(CN(Cc2cccs2)Cc2cccs2)CCNC1. The van der Waals surface area contributed by atoms with Gasteiger partial charge in [0.1, 0.15) is 0 Å². The highest BCUT2D eigenvalue weighted by atomic mass is 32.1. The highest BCUT2D eigenvalue weighted by molar-refractivity contribution is 7.10. The number of rotatable bonds is 6. The number of hydrogen-bond acceptors (Lipinski definition) is 4. The summed E-state index contributed by atoms with van der Waals surface area (Å²) in [5, 5.41) is 7.87. The van der Waals surface area contributed by atoms with E-state index in [1.807, 2.05) is 22.7 Å². The Balaban J connectivity index is 1.68. The zero-order chi connectivity index (χ0) is 13.8. The summed E-state index contributed by atoms with van der Waals surface area (Å²) in [6, 6.07) is 8.81. The average molecular weight is 307 g/mol. The van der Waals surface area contributed by atoms with E-state index in [-0.39, 0.29) is 0 Å². The third-order valence-electron chi connectivity index (χ3n) is 3.98. The summed E-state index contributed by atoms with van der Waals surface area (Å²) in [5.74, 6) is 0. The molecule has 2 aromatic heterocycles. The topological polar surface area (TPSA) is 15.3 Å². The van der Waals surface area contributed by atoms with Crippen LogP contribution < -0.4 is 5.32 Å². The number of nitrogens with one attached hydrogen (secondary N) is 1. The van der Waals surface area contributed by atoms with Crippen molar-refractivity contribution in [3.05, 3.63) is 44.8 Å². The molecule has 1 fully saturated rings. The van der Waals surface area contributed by atoms with Crippen molar-refractivity contribution in [1.82, 2.24) is 10.2 Å². The lowest BCUT2D eigenvalue weighted by Crippen LogP contribution is -2.36. The summed E-state index contributed by atoms with van der Waals surface area (Å²) in [4.78, 5) is 5.55. The smallest absolute Gasteiger partial charge is 0.0332 e. The maximum atomic E-state index is 3.51. The van der Waals surface area contributed by atoms with Gasteiger partial charge >= 0.3 is 0 Å². The van der Waals surface area contributed by atoms with Crippen LogP contribution in [0.15, 0.2) is 35.0 Å². The molecular formula is C16H22N2S2. The van der Waals surface area contributed by atoms with Crippen LogP contribution in [-0.2, 0) is 13.1 Å². The van der Waals surface area contributed by atoms with Crippen LogP contribution in [0.2, 0.25) is 0 Å². The van der Waals surface area contributed by atoms with Crippen LogP contribution >= 0.6 is 22.7 Å². The maximum Gasteiger partial charge on any atom is 0.0332 e. The highest BCUT2D eigenvalue weighted by Gasteiger charge is 2.30. The van der Waals surface area contributed by atoms with E-state index in [4.69, 9.17) is 0 Å². The summed E-state index contributed by atoms with van der Waals surface area (Å²) in [6.07, 6.45) is 1.29. The molecule has 1 saturated heterocycles. The minimum Gasteiger partial charge on any atom is -0.316 e. The Hall–Kier alpha value is -0.680. The molecule has 0 spiro atoms. The molecule has 1 atom stereocenters. The molecular weight excluding hydrogens is 284 g/mol. The summed E-state index contributed by atoms with van der Waals surface area (Å²) in [6.45, 7) is 8.07. The van der Waals surface area contributed by atoms with Crippen LogP contribution in [-0.4, -0.2) is 24.5 Å². The van der Waals surface area contributed by atoms with Gasteiger partial charge in [-0.2, -0.15) is 0 Å². The molecule has 3 heterocycles. The molecule has 1 aliphatic rings. The van der Waals surface area contributed by atoms with E-state index in [2.05, 4.69) is 52.2 Å². The molecule has 0 saturated carbocycles. The zero-order valence-electron chi connectivity index (χ0n) is 12.0. The van der Waals surface area contributed by atoms with Crippen LogP contribution in [0.25, 0.3) is 0 Å². The lowest BCUT2D eigenvalue weighted by Gasteiger charge is -2.31. The van der Waals surface area contributed by atoms with Crippen molar-refractivity contribution in [3.63, 3.8) is 0 Å². The Morgan fingerprint density at radius 1 is 1.15 bits per heavy atom. The van der Waals surface area contributed by atoms with E-state index in [9.17, 15) is 0 Å². The highest BCUT2D eigenvalue weighted by Crippen LogP contribution is 2.28. The second kappa shape index (κ2) is 6.39. The van der Waals surface area contributed by atoms with E-state index in [0.29, 0.717) is 5.41 Å². The second-order valence-corrected chi connectivity index (χ2v) is 8.11. The van der Waals surface area contributed by atoms with Gasteiger partial charge in [0.15, 0.2) is 0 Å². The predicted molar refractivity (Wildman–Crippen MR) is 88.3 cm³/mol. The van der Waals surface area contributed by atoms with E-state index < -0.39 is 0 Å². The molecule has 0 bridgehead atoms. The standard InChI is InChI=1S/C16H22N2S2/c1-16(6-7-17-12-16)13-18(10-14-4-2-8-19-14)11-15-5-3-9-20-15/h2-5,8-9,17H,6-7,10-13H2,1H3. The van der Waals surface area contributed by atoms with Gasteiger partial charge in [-0.15, -0.1) is 22.7 Å². The summed E-state index contributed by atoms with van der Waals surface area (Å²) < 4.78 is 0. The molecule has 3 rings (SSSR count). The Bertz CT molecular complexity index is 462. The number of hydrogen-bond donors (Lipinski definition) is 1. The van der Waals surface area contributed by atoms with Crippen LogP contribution in [0, 0.1) is 5.41 Å².